The second kappa shape index (κ2) is 6.18. The number of benzene rings is 1. The van der Waals surface area contributed by atoms with Crippen LogP contribution in [0.1, 0.15) is 36.9 Å². The van der Waals surface area contributed by atoms with E-state index < -0.39 is 24.5 Å². The van der Waals surface area contributed by atoms with Crippen LogP contribution in [-0.4, -0.2) is 12.7 Å². The standard InChI is InChI=1S/C13H17F4N/c1-3-4-18-12(8-13(15,16)17)10-5-9(2)6-11(14)7-10/h5-7,12,18H,3-4,8H2,1-2H3. The lowest BCUT2D eigenvalue weighted by molar-refractivity contribution is -0.140. The Morgan fingerprint density at radius 2 is 1.89 bits per heavy atom. The van der Waals surface area contributed by atoms with Gasteiger partial charge in [-0.05, 0) is 43.1 Å². The smallest absolute Gasteiger partial charge is 0.310 e. The lowest BCUT2D eigenvalue weighted by Gasteiger charge is -2.21. The third kappa shape index (κ3) is 5.04. The molecule has 0 amide bonds. The first kappa shape index (κ1) is 15.0. The maximum Gasteiger partial charge on any atom is 0.390 e. The van der Waals surface area contributed by atoms with E-state index in [9.17, 15) is 17.6 Å². The van der Waals surface area contributed by atoms with E-state index in [1.807, 2.05) is 6.92 Å². The third-order valence-corrected chi connectivity index (χ3v) is 2.54. The first-order valence-electron chi connectivity index (χ1n) is 5.89. The molecular formula is C13H17F4N. The number of alkyl halides is 3. The van der Waals surface area contributed by atoms with Crippen LogP contribution in [0.4, 0.5) is 17.6 Å². The fourth-order valence-corrected chi connectivity index (χ4v) is 1.82. The van der Waals surface area contributed by atoms with E-state index in [4.69, 9.17) is 0 Å². The molecule has 0 saturated carbocycles. The van der Waals surface area contributed by atoms with Gasteiger partial charge in [0, 0.05) is 6.04 Å². The first-order chi connectivity index (χ1) is 8.31. The molecule has 0 aliphatic rings. The molecule has 5 heteroatoms. The molecule has 0 saturated heterocycles. The number of aryl methyl sites for hydroxylation is 1. The molecule has 0 aliphatic carbocycles. The summed E-state index contributed by atoms with van der Waals surface area (Å²) in [6.45, 7) is 4.00. The van der Waals surface area contributed by atoms with Gasteiger partial charge in [-0.1, -0.05) is 13.0 Å². The van der Waals surface area contributed by atoms with Crippen molar-refractivity contribution in [2.75, 3.05) is 6.54 Å². The lowest BCUT2D eigenvalue weighted by atomic mass is 10.0. The van der Waals surface area contributed by atoms with Gasteiger partial charge >= 0.3 is 6.18 Å². The van der Waals surface area contributed by atoms with Crippen molar-refractivity contribution < 1.29 is 17.6 Å². The Morgan fingerprint density at radius 1 is 1.22 bits per heavy atom. The van der Waals surface area contributed by atoms with Gasteiger partial charge in [0.05, 0.1) is 6.42 Å². The maximum atomic E-state index is 13.2. The Balaban J connectivity index is 2.93. The molecule has 1 atom stereocenters. The Morgan fingerprint density at radius 3 is 2.39 bits per heavy atom. The summed E-state index contributed by atoms with van der Waals surface area (Å²) >= 11 is 0. The molecule has 1 rings (SSSR count). The Hall–Kier alpha value is -1.10. The average Bonchev–Trinajstić information content (AvgIpc) is 2.21. The van der Waals surface area contributed by atoms with E-state index in [0.717, 1.165) is 12.5 Å². The first-order valence-corrected chi connectivity index (χ1v) is 5.89. The lowest BCUT2D eigenvalue weighted by Crippen LogP contribution is -2.27. The van der Waals surface area contributed by atoms with Crippen molar-refractivity contribution >= 4 is 0 Å². The minimum atomic E-state index is -4.27. The summed E-state index contributed by atoms with van der Waals surface area (Å²) in [5.74, 6) is -0.504. The molecule has 18 heavy (non-hydrogen) atoms. The van der Waals surface area contributed by atoms with Crippen molar-refractivity contribution in [1.82, 2.24) is 5.32 Å². The van der Waals surface area contributed by atoms with Crippen LogP contribution >= 0.6 is 0 Å². The van der Waals surface area contributed by atoms with Crippen LogP contribution in [0, 0.1) is 12.7 Å². The molecule has 0 spiro atoms. The monoisotopic (exact) mass is 263 g/mol. The van der Waals surface area contributed by atoms with E-state index in [1.165, 1.54) is 6.07 Å². The van der Waals surface area contributed by atoms with Gasteiger partial charge in [-0.25, -0.2) is 4.39 Å². The maximum absolute atomic E-state index is 13.2. The number of hydrogen-bond acceptors (Lipinski definition) is 1. The van der Waals surface area contributed by atoms with Gasteiger partial charge in [0.25, 0.3) is 0 Å². The topological polar surface area (TPSA) is 12.0 Å². The molecule has 0 heterocycles. The van der Waals surface area contributed by atoms with Crippen molar-refractivity contribution in [3.63, 3.8) is 0 Å². The van der Waals surface area contributed by atoms with Gasteiger partial charge in [0.2, 0.25) is 0 Å². The number of rotatable bonds is 5. The van der Waals surface area contributed by atoms with Gasteiger partial charge in [-0.3, -0.25) is 0 Å². The van der Waals surface area contributed by atoms with E-state index in [-0.39, 0.29) is 0 Å². The zero-order valence-electron chi connectivity index (χ0n) is 10.4. The summed E-state index contributed by atoms with van der Waals surface area (Å²) < 4.78 is 50.7. The van der Waals surface area contributed by atoms with Gasteiger partial charge < -0.3 is 5.32 Å². The largest absolute Gasteiger partial charge is 0.390 e. The molecule has 0 aliphatic heterocycles. The number of nitrogens with one attached hydrogen (secondary N) is 1. The molecule has 0 radical (unpaired) electrons. The SMILES string of the molecule is CCCNC(CC(F)(F)F)c1cc(C)cc(F)c1. The predicted molar refractivity (Wildman–Crippen MR) is 62.8 cm³/mol. The summed E-state index contributed by atoms with van der Waals surface area (Å²) in [4.78, 5) is 0. The zero-order valence-corrected chi connectivity index (χ0v) is 10.4. The molecule has 102 valence electrons. The molecule has 0 fully saturated rings. The molecular weight excluding hydrogens is 246 g/mol. The highest BCUT2D eigenvalue weighted by atomic mass is 19.4. The molecule has 1 aromatic carbocycles. The van der Waals surface area contributed by atoms with Gasteiger partial charge in [-0.15, -0.1) is 0 Å². The molecule has 0 aromatic heterocycles. The van der Waals surface area contributed by atoms with Gasteiger partial charge in [0.15, 0.2) is 0 Å². The molecule has 1 nitrogen and oxygen atoms in total. The highest BCUT2D eigenvalue weighted by Crippen LogP contribution is 2.30. The normalized spacial score (nSPS) is 13.7. The third-order valence-electron chi connectivity index (χ3n) is 2.54. The highest BCUT2D eigenvalue weighted by molar-refractivity contribution is 5.26. The molecule has 1 aromatic rings. The van der Waals surface area contributed by atoms with Gasteiger partial charge in [-0.2, -0.15) is 13.2 Å². The summed E-state index contributed by atoms with van der Waals surface area (Å²) in [5, 5.41) is 2.81. The second-order valence-corrected chi connectivity index (χ2v) is 4.39. The summed E-state index contributed by atoms with van der Waals surface area (Å²) in [6, 6.07) is 3.15. The zero-order chi connectivity index (χ0) is 13.8. The Kier molecular flexibility index (Phi) is 5.14. The summed E-state index contributed by atoms with van der Waals surface area (Å²) in [7, 11) is 0. The minimum absolute atomic E-state index is 0.346. The van der Waals surface area contributed by atoms with Crippen molar-refractivity contribution in [3.8, 4) is 0 Å². The van der Waals surface area contributed by atoms with Crippen LogP contribution in [0.3, 0.4) is 0 Å². The van der Waals surface area contributed by atoms with E-state index in [2.05, 4.69) is 5.32 Å². The Bertz CT molecular complexity index is 367. The predicted octanol–water partition coefficient (Wildman–Crippen LogP) is 4.13. The number of hydrogen-bond donors (Lipinski definition) is 1. The van der Waals surface area contributed by atoms with Crippen LogP contribution in [0.2, 0.25) is 0 Å². The molecule has 0 bridgehead atoms. The second-order valence-electron chi connectivity index (χ2n) is 4.39. The van der Waals surface area contributed by atoms with Crippen LogP contribution in [0.15, 0.2) is 18.2 Å². The van der Waals surface area contributed by atoms with Crippen molar-refractivity contribution in [2.24, 2.45) is 0 Å². The van der Waals surface area contributed by atoms with Crippen LogP contribution in [0.25, 0.3) is 0 Å². The summed E-state index contributed by atoms with van der Waals surface area (Å²) in [6.07, 6.45) is -4.54. The van der Waals surface area contributed by atoms with Gasteiger partial charge in [0.1, 0.15) is 5.82 Å². The fourth-order valence-electron chi connectivity index (χ4n) is 1.82. The highest BCUT2D eigenvalue weighted by Gasteiger charge is 2.32. The van der Waals surface area contributed by atoms with Crippen molar-refractivity contribution in [1.29, 1.82) is 0 Å². The minimum Gasteiger partial charge on any atom is -0.310 e. The van der Waals surface area contributed by atoms with E-state index in [1.54, 1.807) is 13.0 Å². The quantitative estimate of drug-likeness (QED) is 0.788. The van der Waals surface area contributed by atoms with E-state index >= 15 is 0 Å². The molecule has 1 unspecified atom stereocenters. The van der Waals surface area contributed by atoms with E-state index in [0.29, 0.717) is 17.7 Å². The van der Waals surface area contributed by atoms with Crippen molar-refractivity contribution in [2.45, 2.75) is 38.9 Å². The average molecular weight is 263 g/mol. The van der Waals surface area contributed by atoms with Crippen molar-refractivity contribution in [3.05, 3.63) is 35.1 Å². The molecule has 1 N–H and O–H groups in total. The number of halogens is 4. The summed E-state index contributed by atoms with van der Waals surface area (Å²) in [5.41, 5.74) is 0.966. The fraction of sp³-hybridized carbons (Fsp3) is 0.538. The van der Waals surface area contributed by atoms with Crippen LogP contribution in [0.5, 0.6) is 0 Å². The Labute approximate surface area is 104 Å². The van der Waals surface area contributed by atoms with Crippen LogP contribution < -0.4 is 5.32 Å². The van der Waals surface area contributed by atoms with Crippen LogP contribution in [-0.2, 0) is 0 Å².